The van der Waals surface area contributed by atoms with Gasteiger partial charge in [0.05, 0.1) is 39.4 Å². The Labute approximate surface area is 292 Å². The molecule has 2 aliphatic rings. The zero-order valence-electron chi connectivity index (χ0n) is 29.9. The lowest BCUT2D eigenvalue weighted by Gasteiger charge is -2.30. The van der Waals surface area contributed by atoms with Gasteiger partial charge in [-0.25, -0.2) is 15.2 Å². The first kappa shape index (κ1) is 39.8. The van der Waals surface area contributed by atoms with Crippen LogP contribution in [0.15, 0.2) is 6.33 Å². The molecule has 2 saturated heterocycles. The number of nitrogen functional groups attached to an aromatic ring is 1. The molecule has 282 valence electrons. The van der Waals surface area contributed by atoms with Crippen molar-refractivity contribution in [2.45, 2.75) is 97.4 Å². The molecule has 2 fully saturated rings. The Kier molecular flexibility index (Phi) is 13.6. The Hall–Kier alpha value is -2.96. The summed E-state index contributed by atoms with van der Waals surface area (Å²) in [6, 6.07) is -2.13. The molecule has 2 aliphatic heterocycles. The highest BCUT2D eigenvalue weighted by atomic mass is 31.2. The summed E-state index contributed by atoms with van der Waals surface area (Å²) in [4.78, 5) is 41.2. The molecule has 4 rings (SSSR count). The van der Waals surface area contributed by atoms with Gasteiger partial charge in [-0.1, -0.05) is 27.7 Å². The standard InChI is InChI=1S/C31H53N8O10P/c1-8-46-27(41)20(14-18(3)4)36-50(44,37-21(15-19(5)6)28(42)47-9-2)48-16-22-24(40)31(7,43)29(49-22)39-17-33-23-25(34-30(32)35-26(23)39)38-10-12-45-13-11-38/h17-22,24,29,40,43H,8-16H2,1-7H3,(H2,32,34,35)(H2,36,37,44)/t20-,21-,22+,24?,29+,31-/m0/s1. The van der Waals surface area contributed by atoms with Crippen LogP contribution in [0.4, 0.5) is 11.8 Å². The Bertz CT molecular complexity index is 1460. The summed E-state index contributed by atoms with van der Waals surface area (Å²) in [6.45, 7) is 14.1. The summed E-state index contributed by atoms with van der Waals surface area (Å²) >= 11 is 0. The topological polar surface area (TPSA) is 235 Å². The molecule has 2 aromatic heterocycles. The van der Waals surface area contributed by atoms with E-state index in [0.29, 0.717) is 37.6 Å². The predicted octanol–water partition coefficient (Wildman–Crippen LogP) is 1.51. The number of esters is 2. The second kappa shape index (κ2) is 17.0. The lowest BCUT2D eigenvalue weighted by atomic mass is 9.96. The average Bonchev–Trinajstić information content (AvgIpc) is 3.56. The van der Waals surface area contributed by atoms with Crippen molar-refractivity contribution in [1.82, 2.24) is 29.7 Å². The smallest absolute Gasteiger partial charge is 0.342 e. The van der Waals surface area contributed by atoms with Crippen LogP contribution < -0.4 is 20.8 Å². The average molecular weight is 729 g/mol. The molecule has 0 bridgehead atoms. The van der Waals surface area contributed by atoms with Crippen LogP contribution in [0, 0.1) is 11.8 Å². The van der Waals surface area contributed by atoms with Crippen molar-refractivity contribution in [2.75, 3.05) is 56.8 Å². The molecule has 19 heteroatoms. The fourth-order valence-electron chi connectivity index (χ4n) is 6.00. The number of nitrogens with two attached hydrogens (primary N) is 1. The molecule has 0 spiro atoms. The SMILES string of the molecule is CCOC(=O)[C@H](CC(C)C)NP(=O)(N[C@@H](CC(C)C)C(=O)OCC)OC[C@H]1O[C@@H](n2cnc3c(N4CCOCC4)nc(N)nc32)[C@@](C)(O)C1O. The first-order valence-corrected chi connectivity index (χ1v) is 18.7. The summed E-state index contributed by atoms with van der Waals surface area (Å²) < 4.78 is 44.2. The third kappa shape index (κ3) is 9.47. The second-order valence-electron chi connectivity index (χ2n) is 13.5. The van der Waals surface area contributed by atoms with Crippen molar-refractivity contribution in [3.63, 3.8) is 0 Å². The third-order valence-electron chi connectivity index (χ3n) is 8.37. The molecule has 0 aliphatic carbocycles. The van der Waals surface area contributed by atoms with Gasteiger partial charge in [0.25, 0.3) is 0 Å². The summed E-state index contributed by atoms with van der Waals surface area (Å²) in [7, 11) is -4.31. The van der Waals surface area contributed by atoms with Crippen LogP contribution in [0.3, 0.4) is 0 Å². The highest BCUT2D eigenvalue weighted by Crippen LogP contribution is 2.45. The van der Waals surface area contributed by atoms with Gasteiger partial charge in [0.2, 0.25) is 5.95 Å². The van der Waals surface area contributed by atoms with Crippen LogP contribution >= 0.6 is 7.67 Å². The van der Waals surface area contributed by atoms with Gasteiger partial charge in [-0.15, -0.1) is 0 Å². The number of nitrogens with zero attached hydrogens (tertiary/aromatic N) is 5. The summed E-state index contributed by atoms with van der Waals surface area (Å²) in [5.74, 6) is -0.831. The van der Waals surface area contributed by atoms with E-state index in [1.54, 1.807) is 13.8 Å². The number of aliphatic hydroxyl groups excluding tert-OH is 1. The number of morpholine rings is 1. The number of nitrogens with one attached hydrogen (secondary N) is 2. The molecule has 6 N–H and O–H groups in total. The minimum Gasteiger partial charge on any atom is -0.465 e. The molecule has 1 unspecified atom stereocenters. The second-order valence-corrected chi connectivity index (χ2v) is 15.4. The normalized spacial score (nSPS) is 24.2. The predicted molar refractivity (Wildman–Crippen MR) is 183 cm³/mol. The number of hydrogen-bond acceptors (Lipinski definition) is 15. The van der Waals surface area contributed by atoms with Crippen molar-refractivity contribution in [1.29, 1.82) is 0 Å². The van der Waals surface area contributed by atoms with Gasteiger partial charge in [-0.05, 0) is 45.4 Å². The fourth-order valence-corrected chi connectivity index (χ4v) is 7.82. The van der Waals surface area contributed by atoms with E-state index in [-0.39, 0.29) is 49.5 Å². The Balaban J connectivity index is 1.63. The zero-order valence-corrected chi connectivity index (χ0v) is 30.8. The van der Waals surface area contributed by atoms with Crippen molar-refractivity contribution in [3.8, 4) is 0 Å². The van der Waals surface area contributed by atoms with Crippen LogP contribution in [-0.2, 0) is 37.6 Å². The molecular formula is C31H53N8O10P. The molecule has 4 heterocycles. The third-order valence-corrected chi connectivity index (χ3v) is 10.2. The van der Waals surface area contributed by atoms with Crippen molar-refractivity contribution >= 4 is 42.5 Å². The summed E-state index contributed by atoms with van der Waals surface area (Å²) in [5, 5.41) is 28.5. The van der Waals surface area contributed by atoms with E-state index in [4.69, 9.17) is 29.2 Å². The van der Waals surface area contributed by atoms with Gasteiger partial charge in [0, 0.05) is 13.1 Å². The largest absolute Gasteiger partial charge is 0.465 e. The molecule has 6 atom stereocenters. The van der Waals surface area contributed by atoms with E-state index in [1.165, 1.54) is 17.8 Å². The number of fused-ring (bicyclic) bond motifs is 1. The molecular weight excluding hydrogens is 675 g/mol. The quantitative estimate of drug-likeness (QED) is 0.115. The highest BCUT2D eigenvalue weighted by molar-refractivity contribution is 7.54. The number of aliphatic hydroxyl groups is 2. The van der Waals surface area contributed by atoms with Gasteiger partial charge in [-0.2, -0.15) is 9.97 Å². The Morgan fingerprint density at radius 2 is 1.62 bits per heavy atom. The number of aromatic nitrogens is 4. The van der Waals surface area contributed by atoms with Crippen LogP contribution in [-0.4, -0.2) is 118 Å². The van der Waals surface area contributed by atoms with Crippen molar-refractivity contribution in [3.05, 3.63) is 6.33 Å². The van der Waals surface area contributed by atoms with Crippen molar-refractivity contribution < 1.29 is 47.8 Å². The minimum atomic E-state index is -4.31. The summed E-state index contributed by atoms with van der Waals surface area (Å²) in [6.07, 6.45) is -2.12. The maximum Gasteiger partial charge on any atom is 0.342 e. The summed E-state index contributed by atoms with van der Waals surface area (Å²) in [5.41, 5.74) is 4.86. The van der Waals surface area contributed by atoms with E-state index in [1.807, 2.05) is 32.6 Å². The zero-order chi connectivity index (χ0) is 36.8. The lowest BCUT2D eigenvalue weighted by Crippen LogP contribution is -2.47. The van der Waals surface area contributed by atoms with Crippen LogP contribution in [0.1, 0.15) is 67.5 Å². The molecule has 18 nitrogen and oxygen atoms in total. The number of rotatable bonds is 17. The molecule has 50 heavy (non-hydrogen) atoms. The molecule has 0 amide bonds. The first-order chi connectivity index (χ1) is 23.6. The number of imidazole rings is 1. The number of hydrogen-bond donors (Lipinski definition) is 5. The molecule has 0 radical (unpaired) electrons. The van der Waals surface area contributed by atoms with Crippen LogP contribution in [0.2, 0.25) is 0 Å². The van der Waals surface area contributed by atoms with E-state index < -0.39 is 62.3 Å². The van der Waals surface area contributed by atoms with Gasteiger partial charge in [0.15, 0.2) is 23.2 Å². The van der Waals surface area contributed by atoms with Gasteiger partial charge in [-0.3, -0.25) is 18.7 Å². The molecule has 0 aromatic carbocycles. The van der Waals surface area contributed by atoms with Crippen LogP contribution in [0.25, 0.3) is 11.2 Å². The first-order valence-electron chi connectivity index (χ1n) is 17.1. The Morgan fingerprint density at radius 1 is 1.06 bits per heavy atom. The van der Waals surface area contributed by atoms with E-state index in [9.17, 15) is 24.4 Å². The highest BCUT2D eigenvalue weighted by Gasteiger charge is 2.54. The van der Waals surface area contributed by atoms with Crippen molar-refractivity contribution in [2.24, 2.45) is 11.8 Å². The maximum absolute atomic E-state index is 14.6. The number of carbonyl (C=O) groups is 2. The van der Waals surface area contributed by atoms with Gasteiger partial charge >= 0.3 is 19.6 Å². The van der Waals surface area contributed by atoms with Gasteiger partial charge in [0.1, 0.15) is 29.9 Å². The fraction of sp³-hybridized carbons (Fsp3) is 0.774. The Morgan fingerprint density at radius 3 is 2.14 bits per heavy atom. The number of anilines is 2. The van der Waals surface area contributed by atoms with E-state index in [0.717, 1.165) is 0 Å². The molecule has 2 aromatic rings. The monoisotopic (exact) mass is 728 g/mol. The molecule has 0 saturated carbocycles. The van der Waals surface area contributed by atoms with E-state index in [2.05, 4.69) is 25.1 Å². The lowest BCUT2D eigenvalue weighted by molar-refractivity contribution is -0.146. The number of carbonyl (C=O) groups excluding carboxylic acids is 2. The minimum absolute atomic E-state index is 0.00988. The van der Waals surface area contributed by atoms with Gasteiger partial charge < -0.3 is 44.3 Å². The number of ether oxygens (including phenoxy) is 4. The van der Waals surface area contributed by atoms with E-state index >= 15 is 0 Å². The maximum atomic E-state index is 14.6. The van der Waals surface area contributed by atoms with Crippen LogP contribution in [0.5, 0.6) is 0 Å².